The smallest absolute Gasteiger partial charge is 0.294 e. The highest BCUT2D eigenvalue weighted by molar-refractivity contribution is 7.13. The molecule has 0 saturated heterocycles. The molecular weight excluding hydrogens is 370 g/mol. The summed E-state index contributed by atoms with van der Waals surface area (Å²) in [4.78, 5) is 31.7. The minimum Gasteiger partial charge on any atom is -0.501 e. The van der Waals surface area contributed by atoms with Gasteiger partial charge in [0, 0.05) is 12.1 Å². The molecule has 3 aromatic rings. The van der Waals surface area contributed by atoms with Crippen LogP contribution in [0.4, 0.5) is 0 Å². The standard InChI is InChI=1S/C18H17N3O5S/c1-25-11-6-3-5-10(15(11)26-2)9-19-17(23)13-14(22)18(24)21-16(20-13)12-7-4-8-27-12/h3-8,22H,9H2,1-2H3,(H,19,23)(H,20,21,24). The van der Waals surface area contributed by atoms with E-state index in [0.29, 0.717) is 21.9 Å². The van der Waals surface area contributed by atoms with Crippen LogP contribution < -0.4 is 20.3 Å². The molecule has 3 N–H and O–H groups in total. The number of ether oxygens (including phenoxy) is 2. The predicted octanol–water partition coefficient (Wildman–Crippen LogP) is 2.15. The van der Waals surface area contributed by atoms with Gasteiger partial charge in [-0.15, -0.1) is 11.3 Å². The number of aromatic amines is 1. The summed E-state index contributed by atoms with van der Waals surface area (Å²) >= 11 is 1.35. The summed E-state index contributed by atoms with van der Waals surface area (Å²) in [6.07, 6.45) is 0. The van der Waals surface area contributed by atoms with E-state index < -0.39 is 17.2 Å². The van der Waals surface area contributed by atoms with E-state index in [-0.39, 0.29) is 18.1 Å². The minimum atomic E-state index is -0.780. The van der Waals surface area contributed by atoms with Gasteiger partial charge < -0.3 is 24.9 Å². The van der Waals surface area contributed by atoms with Gasteiger partial charge in [0.05, 0.1) is 19.1 Å². The molecule has 1 amide bonds. The molecule has 0 saturated carbocycles. The molecule has 0 unspecified atom stereocenters. The molecule has 0 aliphatic rings. The zero-order chi connectivity index (χ0) is 19.4. The van der Waals surface area contributed by atoms with E-state index in [1.807, 2.05) is 5.38 Å². The monoisotopic (exact) mass is 387 g/mol. The number of aromatic hydroxyl groups is 1. The molecule has 27 heavy (non-hydrogen) atoms. The molecule has 0 aliphatic heterocycles. The molecule has 3 rings (SSSR count). The van der Waals surface area contributed by atoms with Crippen LogP contribution in [0.5, 0.6) is 17.2 Å². The molecule has 0 fully saturated rings. The van der Waals surface area contributed by atoms with Gasteiger partial charge in [-0.25, -0.2) is 4.98 Å². The Balaban J connectivity index is 1.86. The Bertz CT molecular complexity index is 1010. The Kier molecular flexibility index (Phi) is 5.41. The molecular formula is C18H17N3O5S. The summed E-state index contributed by atoms with van der Waals surface area (Å²) in [6.45, 7) is 0.0987. The van der Waals surface area contributed by atoms with Crippen LogP contribution >= 0.6 is 11.3 Å². The fourth-order valence-electron chi connectivity index (χ4n) is 2.51. The first kappa shape index (κ1) is 18.5. The second-order valence-electron chi connectivity index (χ2n) is 5.42. The summed E-state index contributed by atoms with van der Waals surface area (Å²) in [6, 6.07) is 8.82. The third-order valence-corrected chi connectivity index (χ3v) is 4.67. The van der Waals surface area contributed by atoms with Crippen molar-refractivity contribution in [3.05, 3.63) is 57.3 Å². The molecule has 0 atom stereocenters. The van der Waals surface area contributed by atoms with Gasteiger partial charge >= 0.3 is 0 Å². The number of H-pyrrole nitrogens is 1. The minimum absolute atomic E-state index is 0.0987. The van der Waals surface area contributed by atoms with E-state index in [0.717, 1.165) is 0 Å². The van der Waals surface area contributed by atoms with E-state index in [1.54, 1.807) is 30.3 Å². The maximum absolute atomic E-state index is 12.5. The third kappa shape index (κ3) is 3.77. The Hall–Kier alpha value is -3.33. The van der Waals surface area contributed by atoms with Gasteiger partial charge in [-0.05, 0) is 17.5 Å². The van der Waals surface area contributed by atoms with Crippen LogP contribution in [0.15, 0.2) is 40.5 Å². The van der Waals surface area contributed by atoms with Crippen molar-refractivity contribution < 1.29 is 19.4 Å². The number of hydrogen-bond acceptors (Lipinski definition) is 7. The summed E-state index contributed by atoms with van der Waals surface area (Å²) < 4.78 is 10.5. The average molecular weight is 387 g/mol. The molecule has 0 spiro atoms. The summed E-state index contributed by atoms with van der Waals surface area (Å²) in [5.41, 5.74) is -0.450. The molecule has 0 bridgehead atoms. The van der Waals surface area contributed by atoms with Crippen LogP contribution in [0, 0.1) is 0 Å². The number of hydrogen-bond donors (Lipinski definition) is 3. The Morgan fingerprint density at radius 2 is 2.07 bits per heavy atom. The highest BCUT2D eigenvalue weighted by Crippen LogP contribution is 2.30. The lowest BCUT2D eigenvalue weighted by molar-refractivity contribution is 0.0942. The van der Waals surface area contributed by atoms with Crippen molar-refractivity contribution in [1.82, 2.24) is 15.3 Å². The molecule has 2 heterocycles. The molecule has 2 aromatic heterocycles. The number of nitrogens with zero attached hydrogens (tertiary/aromatic N) is 1. The highest BCUT2D eigenvalue weighted by Gasteiger charge is 2.19. The van der Waals surface area contributed by atoms with Crippen LogP contribution in [-0.4, -0.2) is 35.2 Å². The molecule has 9 heteroatoms. The number of aromatic nitrogens is 2. The summed E-state index contributed by atoms with van der Waals surface area (Å²) in [5.74, 6) is -0.173. The maximum atomic E-state index is 12.5. The number of methoxy groups -OCH3 is 2. The van der Waals surface area contributed by atoms with Crippen molar-refractivity contribution in [3.63, 3.8) is 0 Å². The number of carbonyl (C=O) groups is 1. The van der Waals surface area contributed by atoms with Gasteiger partial charge in [-0.3, -0.25) is 9.59 Å². The number of thiophene rings is 1. The van der Waals surface area contributed by atoms with Crippen molar-refractivity contribution in [1.29, 1.82) is 0 Å². The van der Waals surface area contributed by atoms with Gasteiger partial charge in [-0.1, -0.05) is 18.2 Å². The number of nitrogens with one attached hydrogen (secondary N) is 2. The number of carbonyl (C=O) groups excluding carboxylic acids is 1. The maximum Gasteiger partial charge on any atom is 0.294 e. The molecule has 140 valence electrons. The van der Waals surface area contributed by atoms with Gasteiger partial charge in [0.25, 0.3) is 11.5 Å². The Labute approximate surface area is 158 Å². The zero-order valence-corrected chi connectivity index (χ0v) is 15.4. The van der Waals surface area contributed by atoms with Gasteiger partial charge in [-0.2, -0.15) is 0 Å². The van der Waals surface area contributed by atoms with Crippen molar-refractivity contribution in [2.45, 2.75) is 6.54 Å². The second-order valence-corrected chi connectivity index (χ2v) is 6.37. The normalized spacial score (nSPS) is 10.4. The van der Waals surface area contributed by atoms with Crippen molar-refractivity contribution in [2.75, 3.05) is 14.2 Å². The largest absolute Gasteiger partial charge is 0.501 e. The van der Waals surface area contributed by atoms with E-state index >= 15 is 0 Å². The number of para-hydroxylation sites is 1. The first-order valence-corrected chi connectivity index (χ1v) is 8.78. The number of benzene rings is 1. The van der Waals surface area contributed by atoms with Crippen LogP contribution in [-0.2, 0) is 6.54 Å². The number of rotatable bonds is 6. The second kappa shape index (κ2) is 7.92. The fourth-order valence-corrected chi connectivity index (χ4v) is 3.18. The van der Waals surface area contributed by atoms with E-state index in [2.05, 4.69) is 15.3 Å². The lowest BCUT2D eigenvalue weighted by Gasteiger charge is -2.13. The topological polar surface area (TPSA) is 114 Å². The van der Waals surface area contributed by atoms with E-state index in [9.17, 15) is 14.7 Å². The van der Waals surface area contributed by atoms with Crippen molar-refractivity contribution in [3.8, 4) is 28.0 Å². The molecule has 1 aromatic carbocycles. The molecule has 8 nitrogen and oxygen atoms in total. The van der Waals surface area contributed by atoms with Crippen LogP contribution in [0.3, 0.4) is 0 Å². The predicted molar refractivity (Wildman–Crippen MR) is 101 cm³/mol. The van der Waals surface area contributed by atoms with Gasteiger partial charge in [0.15, 0.2) is 23.0 Å². The Morgan fingerprint density at radius 3 is 2.74 bits per heavy atom. The van der Waals surface area contributed by atoms with Crippen molar-refractivity contribution >= 4 is 17.2 Å². The quantitative estimate of drug-likeness (QED) is 0.597. The molecule has 0 aliphatic carbocycles. The van der Waals surface area contributed by atoms with Crippen LogP contribution in [0.25, 0.3) is 10.7 Å². The lowest BCUT2D eigenvalue weighted by Crippen LogP contribution is -2.26. The third-order valence-electron chi connectivity index (χ3n) is 3.79. The van der Waals surface area contributed by atoms with Crippen LogP contribution in [0.1, 0.15) is 16.1 Å². The van der Waals surface area contributed by atoms with Gasteiger partial charge in [0.1, 0.15) is 0 Å². The average Bonchev–Trinajstić information content (AvgIpc) is 3.22. The van der Waals surface area contributed by atoms with E-state index in [4.69, 9.17) is 9.47 Å². The SMILES string of the molecule is COc1cccc(CNC(=O)c2nc(-c3cccs3)[nH]c(=O)c2O)c1OC. The van der Waals surface area contributed by atoms with Crippen LogP contribution in [0.2, 0.25) is 0 Å². The zero-order valence-electron chi connectivity index (χ0n) is 14.6. The summed E-state index contributed by atoms with van der Waals surface area (Å²) in [7, 11) is 3.02. The first-order valence-electron chi connectivity index (χ1n) is 7.90. The van der Waals surface area contributed by atoms with Gasteiger partial charge in [0.2, 0.25) is 5.75 Å². The fraction of sp³-hybridized carbons (Fsp3) is 0.167. The van der Waals surface area contributed by atoms with Crippen molar-refractivity contribution in [2.24, 2.45) is 0 Å². The first-order chi connectivity index (χ1) is 13.0. The highest BCUT2D eigenvalue weighted by atomic mass is 32.1. The summed E-state index contributed by atoms with van der Waals surface area (Å²) in [5, 5.41) is 14.4. The molecule has 0 radical (unpaired) electrons. The van der Waals surface area contributed by atoms with E-state index in [1.165, 1.54) is 25.6 Å². The number of amides is 1. The Morgan fingerprint density at radius 1 is 1.26 bits per heavy atom. The lowest BCUT2D eigenvalue weighted by atomic mass is 10.2.